The Balaban J connectivity index is 1.80. The lowest BCUT2D eigenvalue weighted by Gasteiger charge is -2.25. The normalized spacial score (nSPS) is 11.5. The Labute approximate surface area is 180 Å². The number of aromatic amines is 1. The summed E-state index contributed by atoms with van der Waals surface area (Å²) in [5.74, 6) is 0.899. The summed E-state index contributed by atoms with van der Waals surface area (Å²) in [5.41, 5.74) is 3.13. The number of methoxy groups -OCH3 is 2. The van der Waals surface area contributed by atoms with E-state index in [9.17, 15) is 9.90 Å². The van der Waals surface area contributed by atoms with Crippen LogP contribution in [0.1, 0.15) is 12.5 Å². The Bertz CT molecular complexity index is 1010. The maximum Gasteiger partial charge on any atom is 0.327 e. The number of amides is 2. The fraction of sp³-hybridized carbons (Fsp3) is 0.227. The number of H-pyrrole nitrogens is 1. The van der Waals surface area contributed by atoms with Crippen molar-refractivity contribution < 1.29 is 19.4 Å². The van der Waals surface area contributed by atoms with Crippen molar-refractivity contribution in [3.63, 3.8) is 0 Å². The number of amidine groups is 1. The van der Waals surface area contributed by atoms with Crippen LogP contribution in [0.4, 0.5) is 10.5 Å². The average Bonchev–Trinajstić information content (AvgIpc) is 3.32. The number of urea groups is 1. The van der Waals surface area contributed by atoms with Crippen molar-refractivity contribution in [1.29, 1.82) is 5.41 Å². The molecule has 9 nitrogen and oxygen atoms in total. The molecule has 9 heteroatoms. The smallest absolute Gasteiger partial charge is 0.327 e. The quantitative estimate of drug-likeness (QED) is 0.342. The molecule has 0 aliphatic heterocycles. The van der Waals surface area contributed by atoms with Crippen molar-refractivity contribution in [1.82, 2.24) is 15.1 Å². The predicted octanol–water partition coefficient (Wildman–Crippen LogP) is 3.49. The molecule has 0 saturated carbocycles. The molecule has 1 atom stereocenters. The third-order valence-corrected chi connectivity index (χ3v) is 4.65. The van der Waals surface area contributed by atoms with Crippen LogP contribution in [0.15, 0.2) is 54.9 Å². The maximum absolute atomic E-state index is 13.0. The first-order valence-electron chi connectivity index (χ1n) is 9.57. The second kappa shape index (κ2) is 9.77. The zero-order chi connectivity index (χ0) is 22.4. The number of aromatic nitrogens is 2. The van der Waals surface area contributed by atoms with E-state index in [1.165, 1.54) is 26.0 Å². The third kappa shape index (κ3) is 5.40. The zero-order valence-electron chi connectivity index (χ0n) is 17.5. The molecule has 4 N–H and O–H groups in total. The van der Waals surface area contributed by atoms with Gasteiger partial charge in [0.2, 0.25) is 0 Å². The summed E-state index contributed by atoms with van der Waals surface area (Å²) in [6.07, 6.45) is 2.37. The number of nitrogens with one attached hydrogen (secondary N) is 3. The second-order valence-electron chi connectivity index (χ2n) is 6.86. The van der Waals surface area contributed by atoms with Crippen LogP contribution in [0.3, 0.4) is 0 Å². The summed E-state index contributed by atoms with van der Waals surface area (Å²) >= 11 is 0. The lowest BCUT2D eigenvalue weighted by Crippen LogP contribution is -2.43. The lowest BCUT2D eigenvalue weighted by atomic mass is 10.1. The first-order chi connectivity index (χ1) is 14.9. The number of ether oxygens (including phenoxy) is 2. The van der Waals surface area contributed by atoms with Crippen LogP contribution < -0.4 is 14.8 Å². The van der Waals surface area contributed by atoms with Crippen LogP contribution in [0.5, 0.6) is 11.5 Å². The van der Waals surface area contributed by atoms with Gasteiger partial charge < -0.3 is 19.9 Å². The molecule has 2 aromatic carbocycles. The van der Waals surface area contributed by atoms with E-state index in [1.807, 2.05) is 12.1 Å². The van der Waals surface area contributed by atoms with Gasteiger partial charge in [-0.05, 0) is 42.3 Å². The molecule has 31 heavy (non-hydrogen) atoms. The van der Waals surface area contributed by atoms with E-state index < -0.39 is 12.1 Å². The van der Waals surface area contributed by atoms with Gasteiger partial charge in [0.1, 0.15) is 23.4 Å². The fourth-order valence-corrected chi connectivity index (χ4v) is 2.98. The van der Waals surface area contributed by atoms with Crippen LogP contribution in [0, 0.1) is 5.41 Å². The number of benzene rings is 2. The van der Waals surface area contributed by atoms with Crippen molar-refractivity contribution in [2.75, 3.05) is 19.5 Å². The molecule has 162 valence electrons. The number of hydrogen-bond acceptors (Lipinski definition) is 6. The van der Waals surface area contributed by atoms with Crippen LogP contribution in [0.2, 0.25) is 0 Å². The minimum atomic E-state index is -1.12. The number of carbonyl (C=O) groups excluding carboxylic acids is 1. The van der Waals surface area contributed by atoms with Crippen molar-refractivity contribution in [3.8, 4) is 22.6 Å². The number of aliphatic hydroxyl groups excluding tert-OH is 1. The highest BCUT2D eigenvalue weighted by Crippen LogP contribution is 2.24. The van der Waals surface area contributed by atoms with Crippen LogP contribution in [-0.4, -0.2) is 52.4 Å². The van der Waals surface area contributed by atoms with Crippen LogP contribution >= 0.6 is 0 Å². The largest absolute Gasteiger partial charge is 0.497 e. The summed E-state index contributed by atoms with van der Waals surface area (Å²) in [7, 11) is 3.07. The molecule has 0 spiro atoms. The summed E-state index contributed by atoms with van der Waals surface area (Å²) in [6.45, 7) is 1.49. The van der Waals surface area contributed by atoms with Gasteiger partial charge in [0.05, 0.1) is 27.0 Å². The molecule has 0 bridgehead atoms. The summed E-state index contributed by atoms with van der Waals surface area (Å²) in [5, 5.41) is 27.6. The number of anilines is 1. The van der Waals surface area contributed by atoms with E-state index in [4.69, 9.17) is 14.9 Å². The van der Waals surface area contributed by atoms with Crippen molar-refractivity contribution in [3.05, 3.63) is 60.4 Å². The predicted molar refractivity (Wildman–Crippen MR) is 118 cm³/mol. The lowest BCUT2D eigenvalue weighted by molar-refractivity contribution is 0.214. The molecular formula is C22H25N5O4. The van der Waals surface area contributed by atoms with Gasteiger partial charge in [-0.2, -0.15) is 5.10 Å². The summed E-state index contributed by atoms with van der Waals surface area (Å²) in [6, 6.07) is 11.9. The van der Waals surface area contributed by atoms with Crippen molar-refractivity contribution >= 4 is 17.6 Å². The minimum absolute atomic E-state index is 0.0518. The van der Waals surface area contributed by atoms with Gasteiger partial charge in [0.15, 0.2) is 0 Å². The molecular weight excluding hydrogens is 398 g/mol. The Morgan fingerprint density at radius 2 is 1.81 bits per heavy atom. The Morgan fingerprint density at radius 3 is 2.32 bits per heavy atom. The molecule has 2 amide bonds. The number of aliphatic hydroxyl groups is 1. The van der Waals surface area contributed by atoms with Crippen LogP contribution in [-0.2, 0) is 6.54 Å². The maximum atomic E-state index is 13.0. The molecule has 1 aromatic heterocycles. The van der Waals surface area contributed by atoms with Crippen molar-refractivity contribution in [2.24, 2.45) is 0 Å². The number of hydrogen-bond donors (Lipinski definition) is 4. The molecule has 0 saturated heterocycles. The summed E-state index contributed by atoms with van der Waals surface area (Å²) < 4.78 is 10.6. The number of carbonyl (C=O) groups is 1. The van der Waals surface area contributed by atoms with Gasteiger partial charge in [-0.15, -0.1) is 0 Å². The molecule has 0 radical (unpaired) electrons. The molecule has 0 aliphatic carbocycles. The first kappa shape index (κ1) is 21.8. The highest BCUT2D eigenvalue weighted by molar-refractivity contribution is 6.03. The van der Waals surface area contributed by atoms with Gasteiger partial charge in [-0.3, -0.25) is 15.4 Å². The second-order valence-corrected chi connectivity index (χ2v) is 6.86. The highest BCUT2D eigenvalue weighted by Gasteiger charge is 2.23. The number of nitrogens with zero attached hydrogens (tertiary/aromatic N) is 2. The van der Waals surface area contributed by atoms with E-state index in [2.05, 4.69) is 15.5 Å². The Morgan fingerprint density at radius 1 is 1.16 bits per heavy atom. The zero-order valence-corrected chi connectivity index (χ0v) is 17.5. The van der Waals surface area contributed by atoms with E-state index in [0.29, 0.717) is 22.7 Å². The first-order valence-corrected chi connectivity index (χ1v) is 9.57. The highest BCUT2D eigenvalue weighted by atomic mass is 16.5. The van der Waals surface area contributed by atoms with Gasteiger partial charge >= 0.3 is 6.03 Å². The summed E-state index contributed by atoms with van der Waals surface area (Å²) in [4.78, 5) is 14.1. The molecule has 3 rings (SSSR count). The minimum Gasteiger partial charge on any atom is -0.497 e. The van der Waals surface area contributed by atoms with Gasteiger partial charge in [-0.25, -0.2) is 4.79 Å². The standard InChI is InChI=1S/C22H25N5O4/c1-14(28)21(23)27(13-15-8-19(30-2)10-20(9-15)31-3)22(29)26-18-6-4-16(5-7-18)17-11-24-25-12-17/h4-12,14,23,28H,13H2,1-3H3,(H,24,25)(H,26,29). The molecule has 1 heterocycles. The Hall–Kier alpha value is -3.85. The van der Waals surface area contributed by atoms with Crippen molar-refractivity contribution in [2.45, 2.75) is 19.6 Å². The Kier molecular flexibility index (Phi) is 6.88. The molecule has 3 aromatic rings. The topological polar surface area (TPSA) is 124 Å². The SMILES string of the molecule is COc1cc(CN(C(=N)C(C)O)C(=O)Nc2ccc(-c3cn[nH]c3)cc2)cc(OC)c1. The molecule has 1 unspecified atom stereocenters. The van der Waals surface area contributed by atoms with Gasteiger partial charge in [0, 0.05) is 23.5 Å². The fourth-order valence-electron chi connectivity index (χ4n) is 2.98. The van der Waals surface area contributed by atoms with Gasteiger partial charge in [-0.1, -0.05) is 12.1 Å². The third-order valence-electron chi connectivity index (χ3n) is 4.65. The van der Waals surface area contributed by atoms with E-state index in [0.717, 1.165) is 11.1 Å². The monoisotopic (exact) mass is 423 g/mol. The van der Waals surface area contributed by atoms with Gasteiger partial charge in [0.25, 0.3) is 0 Å². The van der Waals surface area contributed by atoms with E-state index in [1.54, 1.807) is 42.7 Å². The van der Waals surface area contributed by atoms with E-state index >= 15 is 0 Å². The van der Waals surface area contributed by atoms with E-state index in [-0.39, 0.29) is 12.4 Å². The molecule has 0 fully saturated rings. The van der Waals surface area contributed by atoms with Crippen LogP contribution in [0.25, 0.3) is 11.1 Å². The number of rotatable bonds is 7. The molecule has 0 aliphatic rings. The average molecular weight is 423 g/mol.